The maximum absolute atomic E-state index is 13.3. The smallest absolute Gasteiger partial charge is 0.170 e. The normalized spacial score (nSPS) is 59.9. The van der Waals surface area contributed by atoms with E-state index in [0.29, 0.717) is 18.4 Å². The number of aliphatic hydroxyl groups is 4. The number of ether oxygens (including phenoxy) is 1. The Labute approximate surface area is 152 Å². The van der Waals surface area contributed by atoms with Gasteiger partial charge in [-0.2, -0.15) is 0 Å². The molecular weight excluding hydrogens is 336 g/mol. The van der Waals surface area contributed by atoms with Crippen molar-refractivity contribution in [2.24, 2.45) is 34.0 Å². The summed E-state index contributed by atoms with van der Waals surface area (Å²) in [6, 6.07) is 0. The van der Waals surface area contributed by atoms with E-state index in [1.165, 1.54) is 0 Å². The fourth-order valence-electron chi connectivity index (χ4n) is 7.83. The molecule has 0 aromatic rings. The average Bonchev–Trinajstić information content (AvgIpc) is 2.70. The summed E-state index contributed by atoms with van der Waals surface area (Å²) in [5.74, 6) is -1.54. The summed E-state index contributed by atoms with van der Waals surface area (Å²) in [6.45, 7) is 8.14. The Kier molecular flexibility index (Phi) is 3.19. The Hall–Kier alpha value is -0.790. The molecule has 10 atom stereocenters. The molecule has 4 saturated carbocycles. The van der Waals surface area contributed by atoms with Gasteiger partial charge >= 0.3 is 0 Å². The van der Waals surface area contributed by atoms with Crippen LogP contribution in [0.25, 0.3) is 0 Å². The number of Topliss-reactive ketones (excluding diaryl/α,β-unsaturated/α-hetero) is 1. The number of hydrogen-bond acceptors (Lipinski definition) is 6. The van der Waals surface area contributed by atoms with Crippen molar-refractivity contribution in [2.45, 2.75) is 70.2 Å². The molecule has 6 fully saturated rings. The summed E-state index contributed by atoms with van der Waals surface area (Å²) in [7, 11) is 0. The van der Waals surface area contributed by atoms with Crippen LogP contribution in [0, 0.1) is 34.0 Å². The molecular formula is C20H28O6. The zero-order valence-corrected chi connectivity index (χ0v) is 15.3. The van der Waals surface area contributed by atoms with Crippen molar-refractivity contribution in [3.63, 3.8) is 0 Å². The van der Waals surface area contributed by atoms with Crippen molar-refractivity contribution in [3.8, 4) is 0 Å². The highest BCUT2D eigenvalue weighted by Crippen LogP contribution is 2.75. The SMILES string of the molecule is C=C1C(=O)[C@]23[C@H](O)[C@H]1C[C@@H](O)[C@H]2[C@]12[C@H](O)CCC(C)(C)[C@H]1C[C@H]3O[C@H]2O. The predicted molar refractivity (Wildman–Crippen MR) is 90.6 cm³/mol. The third-order valence-electron chi connectivity index (χ3n) is 8.83. The third kappa shape index (κ3) is 1.51. The first-order valence-electron chi connectivity index (χ1n) is 9.72. The van der Waals surface area contributed by atoms with Crippen LogP contribution in [0.5, 0.6) is 0 Å². The van der Waals surface area contributed by atoms with Crippen LogP contribution in [-0.2, 0) is 9.53 Å². The van der Waals surface area contributed by atoms with Crippen molar-refractivity contribution >= 4 is 5.78 Å². The molecule has 4 aliphatic carbocycles. The molecule has 0 aromatic carbocycles. The number of hydrogen-bond donors (Lipinski definition) is 4. The molecule has 2 saturated heterocycles. The van der Waals surface area contributed by atoms with Crippen molar-refractivity contribution < 1.29 is 30.0 Å². The number of rotatable bonds is 0. The fraction of sp³-hybridized carbons (Fsp3) is 0.850. The summed E-state index contributed by atoms with van der Waals surface area (Å²) in [4.78, 5) is 13.3. The summed E-state index contributed by atoms with van der Waals surface area (Å²) >= 11 is 0. The van der Waals surface area contributed by atoms with E-state index >= 15 is 0 Å². The fourth-order valence-corrected chi connectivity index (χ4v) is 7.83. The molecule has 4 bridgehead atoms. The summed E-state index contributed by atoms with van der Waals surface area (Å²) < 4.78 is 5.90. The van der Waals surface area contributed by atoms with Crippen LogP contribution in [0.2, 0.25) is 0 Å². The average molecular weight is 364 g/mol. The van der Waals surface area contributed by atoms with Crippen LogP contribution in [0.3, 0.4) is 0 Å². The van der Waals surface area contributed by atoms with Gasteiger partial charge in [0.25, 0.3) is 0 Å². The number of fused-ring (bicyclic) bond motifs is 2. The molecule has 4 N–H and O–H groups in total. The van der Waals surface area contributed by atoms with Gasteiger partial charge in [0, 0.05) is 11.8 Å². The van der Waals surface area contributed by atoms with Gasteiger partial charge in [-0.15, -0.1) is 0 Å². The molecule has 144 valence electrons. The lowest BCUT2D eigenvalue weighted by molar-refractivity contribution is -0.411. The lowest BCUT2D eigenvalue weighted by atomic mass is 9.36. The first-order chi connectivity index (χ1) is 12.1. The van der Waals surface area contributed by atoms with Crippen LogP contribution in [0.4, 0.5) is 0 Å². The van der Waals surface area contributed by atoms with E-state index < -0.39 is 53.4 Å². The maximum atomic E-state index is 13.3. The summed E-state index contributed by atoms with van der Waals surface area (Å²) in [5.41, 5.74) is -2.27. The minimum absolute atomic E-state index is 0.0943. The third-order valence-corrected chi connectivity index (χ3v) is 8.83. The number of aliphatic hydroxyl groups excluding tert-OH is 4. The highest BCUT2D eigenvalue weighted by Gasteiger charge is 2.83. The van der Waals surface area contributed by atoms with Gasteiger partial charge in [-0.05, 0) is 42.6 Å². The van der Waals surface area contributed by atoms with E-state index in [2.05, 4.69) is 20.4 Å². The molecule has 2 aliphatic heterocycles. The molecule has 6 aliphatic rings. The predicted octanol–water partition coefficient (Wildman–Crippen LogP) is 0.374. The Balaban J connectivity index is 1.79. The van der Waals surface area contributed by atoms with E-state index in [9.17, 15) is 25.2 Å². The first-order valence-corrected chi connectivity index (χ1v) is 9.72. The Morgan fingerprint density at radius 1 is 1.15 bits per heavy atom. The van der Waals surface area contributed by atoms with Crippen LogP contribution >= 0.6 is 0 Å². The zero-order chi connectivity index (χ0) is 18.8. The van der Waals surface area contributed by atoms with Gasteiger partial charge in [0.05, 0.1) is 35.2 Å². The zero-order valence-electron chi connectivity index (χ0n) is 15.3. The highest BCUT2D eigenvalue weighted by molar-refractivity contribution is 6.04. The Bertz CT molecular complexity index is 696. The van der Waals surface area contributed by atoms with Gasteiger partial charge in [-0.1, -0.05) is 20.4 Å². The molecule has 6 rings (SSSR count). The number of ketones is 1. The topological polar surface area (TPSA) is 107 Å². The Morgan fingerprint density at radius 2 is 1.85 bits per heavy atom. The van der Waals surface area contributed by atoms with Gasteiger partial charge < -0.3 is 25.2 Å². The van der Waals surface area contributed by atoms with Crippen molar-refractivity contribution in [1.82, 2.24) is 0 Å². The quantitative estimate of drug-likeness (QED) is 0.463. The standard InChI is InChI=1S/C20H28O6/c1-8-9-6-10(21)14-19-11(18(2,3)5-4-12(19)22)7-13(26-17(19)25)20(14,15(8)23)16(9)24/h9-14,16-17,21-22,24-25H,1,4-7H2,2-3H3/t9-,10+,11+,12+,13+,14-,16+,17+,19+,20+/m0/s1. The maximum Gasteiger partial charge on any atom is 0.170 e. The van der Waals surface area contributed by atoms with Gasteiger partial charge in [-0.3, -0.25) is 4.79 Å². The largest absolute Gasteiger partial charge is 0.393 e. The summed E-state index contributed by atoms with van der Waals surface area (Å²) in [5, 5.41) is 44.4. The molecule has 0 aromatic heterocycles. The summed E-state index contributed by atoms with van der Waals surface area (Å²) in [6.07, 6.45) is -2.67. The van der Waals surface area contributed by atoms with Crippen LogP contribution in [0.1, 0.15) is 39.5 Å². The first kappa shape index (κ1) is 17.3. The van der Waals surface area contributed by atoms with Crippen LogP contribution in [0.15, 0.2) is 12.2 Å². The van der Waals surface area contributed by atoms with Crippen LogP contribution in [-0.4, -0.2) is 56.9 Å². The molecule has 0 unspecified atom stereocenters. The highest BCUT2D eigenvalue weighted by atomic mass is 16.6. The molecule has 2 spiro atoms. The minimum atomic E-state index is -1.30. The van der Waals surface area contributed by atoms with E-state index in [0.717, 1.165) is 6.42 Å². The second kappa shape index (κ2) is 4.78. The van der Waals surface area contributed by atoms with E-state index in [4.69, 9.17) is 4.74 Å². The molecule has 6 heteroatoms. The van der Waals surface area contributed by atoms with Crippen molar-refractivity contribution in [3.05, 3.63) is 12.2 Å². The molecule has 0 radical (unpaired) electrons. The van der Waals surface area contributed by atoms with E-state index in [-0.39, 0.29) is 23.5 Å². The van der Waals surface area contributed by atoms with Gasteiger partial charge in [0.2, 0.25) is 0 Å². The lowest BCUT2D eigenvalue weighted by Crippen LogP contribution is -2.80. The van der Waals surface area contributed by atoms with Gasteiger partial charge in [-0.25, -0.2) is 0 Å². The van der Waals surface area contributed by atoms with Gasteiger partial charge in [0.1, 0.15) is 0 Å². The Morgan fingerprint density at radius 3 is 2.54 bits per heavy atom. The molecule has 6 nitrogen and oxygen atoms in total. The number of carbonyl (C=O) groups is 1. The van der Waals surface area contributed by atoms with Gasteiger partial charge in [0.15, 0.2) is 12.1 Å². The number of carbonyl (C=O) groups excluding carboxylic acids is 1. The lowest BCUT2D eigenvalue weighted by Gasteiger charge is -2.73. The van der Waals surface area contributed by atoms with Crippen molar-refractivity contribution in [2.75, 3.05) is 0 Å². The molecule has 2 heterocycles. The second-order valence-corrected chi connectivity index (χ2v) is 9.93. The monoisotopic (exact) mass is 364 g/mol. The van der Waals surface area contributed by atoms with Crippen LogP contribution < -0.4 is 0 Å². The second-order valence-electron chi connectivity index (χ2n) is 9.93. The molecule has 26 heavy (non-hydrogen) atoms. The minimum Gasteiger partial charge on any atom is -0.393 e. The van der Waals surface area contributed by atoms with Crippen molar-refractivity contribution in [1.29, 1.82) is 0 Å². The molecule has 0 amide bonds. The van der Waals surface area contributed by atoms with E-state index in [1.54, 1.807) is 0 Å². The van der Waals surface area contributed by atoms with E-state index in [1.807, 2.05) is 0 Å².